The Morgan fingerprint density at radius 3 is 2.62 bits per heavy atom. The van der Waals surface area contributed by atoms with Gasteiger partial charge in [0.15, 0.2) is 0 Å². The lowest BCUT2D eigenvalue weighted by Gasteiger charge is -2.06. The van der Waals surface area contributed by atoms with Crippen LogP contribution in [0.2, 0.25) is 0 Å². The summed E-state index contributed by atoms with van der Waals surface area (Å²) in [6.45, 7) is 1.91. The van der Waals surface area contributed by atoms with Crippen molar-refractivity contribution in [2.75, 3.05) is 0 Å². The van der Waals surface area contributed by atoms with Crippen LogP contribution in [0.15, 0.2) is 18.2 Å². The minimum Gasteiger partial charge on any atom is -0.423 e. The molecular formula is C9H10BNO2. The van der Waals surface area contributed by atoms with E-state index in [1.807, 2.05) is 13.0 Å². The number of rotatable bonds is 2. The van der Waals surface area contributed by atoms with Gasteiger partial charge in [-0.05, 0) is 29.6 Å². The molecule has 0 heterocycles. The van der Waals surface area contributed by atoms with Crippen molar-refractivity contribution in [1.82, 2.24) is 0 Å². The zero-order valence-electron chi connectivity index (χ0n) is 7.36. The normalized spacial score (nSPS) is 9.38. The molecule has 1 rings (SSSR count). The smallest absolute Gasteiger partial charge is 0.423 e. The summed E-state index contributed by atoms with van der Waals surface area (Å²) in [6.07, 6.45) is 0.683. The van der Waals surface area contributed by atoms with Gasteiger partial charge in [0, 0.05) is 0 Å². The van der Waals surface area contributed by atoms with Crippen molar-refractivity contribution in [3.05, 3.63) is 29.3 Å². The predicted molar refractivity (Wildman–Crippen MR) is 50.4 cm³/mol. The van der Waals surface area contributed by atoms with E-state index in [9.17, 15) is 0 Å². The maximum Gasteiger partial charge on any atom is 0.488 e. The van der Waals surface area contributed by atoms with Crippen molar-refractivity contribution in [2.45, 2.75) is 13.3 Å². The quantitative estimate of drug-likeness (QED) is 0.611. The summed E-state index contributed by atoms with van der Waals surface area (Å²) in [5, 5.41) is 26.6. The van der Waals surface area contributed by atoms with E-state index in [2.05, 4.69) is 0 Å². The molecule has 13 heavy (non-hydrogen) atoms. The van der Waals surface area contributed by atoms with Gasteiger partial charge in [-0.15, -0.1) is 0 Å². The van der Waals surface area contributed by atoms with E-state index >= 15 is 0 Å². The van der Waals surface area contributed by atoms with E-state index < -0.39 is 7.12 Å². The molecule has 0 saturated heterocycles. The number of aryl methyl sites for hydroxylation is 1. The largest absolute Gasteiger partial charge is 0.488 e. The Labute approximate surface area is 77.4 Å². The van der Waals surface area contributed by atoms with Crippen molar-refractivity contribution < 1.29 is 10.0 Å². The molecule has 2 N–H and O–H groups in total. The van der Waals surface area contributed by atoms with Gasteiger partial charge in [-0.25, -0.2) is 0 Å². The highest BCUT2D eigenvalue weighted by molar-refractivity contribution is 6.59. The van der Waals surface area contributed by atoms with Gasteiger partial charge >= 0.3 is 7.12 Å². The van der Waals surface area contributed by atoms with Crippen molar-refractivity contribution in [2.24, 2.45) is 0 Å². The molecule has 0 saturated carbocycles. The van der Waals surface area contributed by atoms with E-state index in [0.29, 0.717) is 17.4 Å². The molecule has 0 radical (unpaired) electrons. The lowest BCUT2D eigenvalue weighted by Crippen LogP contribution is -2.32. The van der Waals surface area contributed by atoms with Crippen LogP contribution in [0.1, 0.15) is 18.1 Å². The van der Waals surface area contributed by atoms with Crippen molar-refractivity contribution in [1.29, 1.82) is 5.26 Å². The minimum atomic E-state index is -1.46. The minimum absolute atomic E-state index is 0.474. The third kappa shape index (κ3) is 2.08. The van der Waals surface area contributed by atoms with E-state index in [1.54, 1.807) is 18.2 Å². The number of benzene rings is 1. The molecule has 1 aromatic carbocycles. The molecule has 0 spiro atoms. The lowest BCUT2D eigenvalue weighted by molar-refractivity contribution is 0.425. The molecule has 0 bridgehead atoms. The fourth-order valence-corrected chi connectivity index (χ4v) is 1.23. The van der Waals surface area contributed by atoms with E-state index in [1.165, 1.54) is 0 Å². The Balaban J connectivity index is 3.17. The van der Waals surface area contributed by atoms with Crippen LogP contribution in [0.3, 0.4) is 0 Å². The molecule has 0 unspecified atom stereocenters. The van der Waals surface area contributed by atoms with Crippen LogP contribution in [-0.4, -0.2) is 17.2 Å². The molecular weight excluding hydrogens is 165 g/mol. The van der Waals surface area contributed by atoms with Crippen LogP contribution < -0.4 is 5.46 Å². The van der Waals surface area contributed by atoms with Gasteiger partial charge in [0.1, 0.15) is 0 Å². The van der Waals surface area contributed by atoms with E-state index in [4.69, 9.17) is 15.3 Å². The monoisotopic (exact) mass is 175 g/mol. The maximum atomic E-state index is 8.97. The molecule has 0 aliphatic carbocycles. The Hall–Kier alpha value is -1.31. The SMILES string of the molecule is CCc1cc(C#N)ccc1B(O)O. The van der Waals surface area contributed by atoms with Crippen molar-refractivity contribution in [3.8, 4) is 6.07 Å². The molecule has 0 amide bonds. The third-order valence-corrected chi connectivity index (χ3v) is 1.93. The molecule has 0 aliphatic heterocycles. The standard InChI is InChI=1S/C9H10BNO2/c1-2-8-5-7(6-11)3-4-9(8)10(12)13/h3-5,12-13H,2H2,1H3. The first-order chi connectivity index (χ1) is 6.19. The summed E-state index contributed by atoms with van der Waals surface area (Å²) in [5.41, 5.74) is 1.82. The first-order valence-electron chi connectivity index (χ1n) is 4.08. The van der Waals surface area contributed by atoms with Crippen LogP contribution >= 0.6 is 0 Å². The molecule has 66 valence electrons. The Bertz CT molecular complexity index is 344. The summed E-state index contributed by atoms with van der Waals surface area (Å²) < 4.78 is 0. The highest BCUT2D eigenvalue weighted by Gasteiger charge is 2.14. The zero-order chi connectivity index (χ0) is 9.84. The second-order valence-electron chi connectivity index (χ2n) is 2.75. The van der Waals surface area contributed by atoms with Crippen LogP contribution in [-0.2, 0) is 6.42 Å². The van der Waals surface area contributed by atoms with Gasteiger partial charge in [0.2, 0.25) is 0 Å². The van der Waals surface area contributed by atoms with Gasteiger partial charge < -0.3 is 10.0 Å². The lowest BCUT2D eigenvalue weighted by atomic mass is 9.76. The molecule has 0 fully saturated rings. The van der Waals surface area contributed by atoms with Gasteiger partial charge in [-0.1, -0.05) is 13.0 Å². The summed E-state index contributed by atoms with van der Waals surface area (Å²) >= 11 is 0. The third-order valence-electron chi connectivity index (χ3n) is 1.93. The zero-order valence-corrected chi connectivity index (χ0v) is 7.36. The molecule has 0 aliphatic rings. The first-order valence-corrected chi connectivity index (χ1v) is 4.08. The fraction of sp³-hybridized carbons (Fsp3) is 0.222. The second-order valence-corrected chi connectivity index (χ2v) is 2.75. The predicted octanol–water partition coefficient (Wildman–Crippen LogP) is -0.200. The summed E-state index contributed by atoms with van der Waals surface area (Å²) in [6, 6.07) is 6.83. The van der Waals surface area contributed by atoms with E-state index in [-0.39, 0.29) is 0 Å². The second kappa shape index (κ2) is 4.08. The average Bonchev–Trinajstić information content (AvgIpc) is 2.16. The van der Waals surface area contributed by atoms with Crippen LogP contribution in [0, 0.1) is 11.3 Å². The van der Waals surface area contributed by atoms with Gasteiger partial charge in [0.05, 0.1) is 11.6 Å². The van der Waals surface area contributed by atoms with Crippen LogP contribution in [0.5, 0.6) is 0 Å². The molecule has 3 nitrogen and oxygen atoms in total. The number of hydrogen-bond acceptors (Lipinski definition) is 3. The molecule has 0 atom stereocenters. The summed E-state index contributed by atoms with van der Waals surface area (Å²) in [4.78, 5) is 0. The fourth-order valence-electron chi connectivity index (χ4n) is 1.23. The highest BCUT2D eigenvalue weighted by atomic mass is 16.4. The maximum absolute atomic E-state index is 8.97. The highest BCUT2D eigenvalue weighted by Crippen LogP contribution is 2.03. The molecule has 0 aromatic heterocycles. The topological polar surface area (TPSA) is 64.2 Å². The van der Waals surface area contributed by atoms with Gasteiger partial charge in [-0.2, -0.15) is 5.26 Å². The van der Waals surface area contributed by atoms with Crippen molar-refractivity contribution in [3.63, 3.8) is 0 Å². The van der Waals surface area contributed by atoms with Crippen LogP contribution in [0.4, 0.5) is 0 Å². The Kier molecular flexibility index (Phi) is 3.07. The Morgan fingerprint density at radius 1 is 1.46 bits per heavy atom. The Morgan fingerprint density at radius 2 is 2.15 bits per heavy atom. The number of nitrogens with zero attached hydrogens (tertiary/aromatic N) is 1. The van der Waals surface area contributed by atoms with E-state index in [0.717, 1.165) is 5.56 Å². The first kappa shape index (κ1) is 9.78. The van der Waals surface area contributed by atoms with Crippen LogP contribution in [0.25, 0.3) is 0 Å². The average molecular weight is 175 g/mol. The summed E-state index contributed by atoms with van der Waals surface area (Å²) in [7, 11) is -1.46. The van der Waals surface area contributed by atoms with Gasteiger partial charge in [0.25, 0.3) is 0 Å². The molecule has 4 heteroatoms. The molecule has 1 aromatic rings. The number of nitriles is 1. The van der Waals surface area contributed by atoms with Crippen molar-refractivity contribution >= 4 is 12.6 Å². The number of hydrogen-bond donors (Lipinski definition) is 2. The summed E-state index contributed by atoms with van der Waals surface area (Å²) in [5.74, 6) is 0. The van der Waals surface area contributed by atoms with Gasteiger partial charge in [-0.3, -0.25) is 0 Å².